The van der Waals surface area contributed by atoms with Crippen molar-refractivity contribution in [2.45, 2.75) is 161 Å². The van der Waals surface area contributed by atoms with E-state index in [1.54, 1.807) is 37.6 Å². The number of Topliss-reactive ketones (excluding diaryl/α,β-unsaturated/α-hetero) is 1. The second-order valence-corrected chi connectivity index (χ2v) is 21.4. The van der Waals surface area contributed by atoms with Gasteiger partial charge in [0.1, 0.15) is 49.1 Å². The van der Waals surface area contributed by atoms with Crippen LogP contribution >= 0.6 is 0 Å². The molecule has 4 amide bonds. The maximum Gasteiger partial charge on any atom is 0.410 e. The fraction of sp³-hybridized carbons (Fsp3) is 0.638. The number of carboxylic acid groups (broad SMARTS) is 1. The van der Waals surface area contributed by atoms with E-state index in [1.807, 2.05) is 58.0 Å². The Bertz CT molecular complexity index is 2430. The fourth-order valence-corrected chi connectivity index (χ4v) is 10.7. The van der Waals surface area contributed by atoms with Gasteiger partial charge in [0.05, 0.1) is 49.8 Å². The number of terminal acetylenes is 1. The molecule has 2 aromatic carbocycles. The number of nitrogens with one attached hydrogen (secondary N) is 1. The highest BCUT2D eigenvalue weighted by Gasteiger charge is 2.49. The van der Waals surface area contributed by atoms with Crippen LogP contribution < -0.4 is 14.8 Å². The summed E-state index contributed by atoms with van der Waals surface area (Å²) in [6, 6.07) is 10.3. The number of amides is 4. The summed E-state index contributed by atoms with van der Waals surface area (Å²) in [5.74, 6) is -3.79. The number of methoxy groups -OCH3 is 3. The van der Waals surface area contributed by atoms with Crippen LogP contribution in [0.25, 0.3) is 0 Å². The zero-order valence-electron chi connectivity index (χ0n) is 48.1. The number of likely N-dealkylation sites (N-methyl/N-ethyl adjacent to an activating group) is 2. The number of esters is 1. The second kappa shape index (κ2) is 31.0. The minimum Gasteiger partial charge on any atom is -0.480 e. The predicted molar refractivity (Wildman–Crippen MR) is 290 cm³/mol. The Balaban J connectivity index is 1.47. The van der Waals surface area contributed by atoms with Crippen LogP contribution in [0, 0.1) is 41.9 Å². The average Bonchev–Trinajstić information content (AvgIpc) is 4.00. The van der Waals surface area contributed by atoms with Crippen LogP contribution in [0.15, 0.2) is 48.5 Å². The van der Waals surface area contributed by atoms with E-state index in [2.05, 4.69) is 11.2 Å². The van der Waals surface area contributed by atoms with Gasteiger partial charge in [0, 0.05) is 65.2 Å². The Morgan fingerprint density at radius 3 is 2.12 bits per heavy atom. The molecule has 0 spiro atoms. The molecule has 2 aliphatic rings. The largest absolute Gasteiger partial charge is 0.480 e. The molecule has 2 aromatic rings. The van der Waals surface area contributed by atoms with E-state index in [0.29, 0.717) is 31.4 Å². The van der Waals surface area contributed by atoms with Gasteiger partial charge in [-0.05, 0) is 48.3 Å². The molecular formula is C58H84N4O18. The van der Waals surface area contributed by atoms with Gasteiger partial charge in [0.2, 0.25) is 24.0 Å². The molecule has 2 unspecified atom stereocenters. The lowest BCUT2D eigenvalue weighted by Crippen LogP contribution is -2.61. The lowest BCUT2D eigenvalue weighted by Gasteiger charge is -2.41. The lowest BCUT2D eigenvalue weighted by molar-refractivity contribution is -0.271. The van der Waals surface area contributed by atoms with Crippen molar-refractivity contribution in [1.82, 2.24) is 20.0 Å². The van der Waals surface area contributed by atoms with Crippen molar-refractivity contribution in [2.75, 3.05) is 48.6 Å². The molecular weight excluding hydrogens is 1040 g/mol. The van der Waals surface area contributed by atoms with E-state index in [1.165, 1.54) is 51.5 Å². The highest BCUT2D eigenvalue weighted by molar-refractivity contribution is 5.92. The van der Waals surface area contributed by atoms with E-state index >= 15 is 0 Å². The number of aliphatic hydroxyl groups excluding tert-OH is 3. The van der Waals surface area contributed by atoms with Crippen molar-refractivity contribution in [2.24, 2.45) is 29.6 Å². The first-order valence-corrected chi connectivity index (χ1v) is 27.1. The summed E-state index contributed by atoms with van der Waals surface area (Å²) < 4.78 is 39.3. The van der Waals surface area contributed by atoms with Crippen molar-refractivity contribution in [3.05, 3.63) is 59.7 Å². The number of likely N-dealkylation sites (tertiary alicyclic amines) is 1. The molecule has 22 heteroatoms. The minimum absolute atomic E-state index is 0.0252. The fourth-order valence-electron chi connectivity index (χ4n) is 10.7. The summed E-state index contributed by atoms with van der Waals surface area (Å²) in [6.07, 6.45) is -4.52. The van der Waals surface area contributed by atoms with Crippen molar-refractivity contribution in [1.29, 1.82) is 0 Å². The molecule has 5 N–H and O–H groups in total. The molecule has 0 saturated carbocycles. The van der Waals surface area contributed by atoms with Gasteiger partial charge in [0.25, 0.3) is 0 Å². The van der Waals surface area contributed by atoms with Gasteiger partial charge in [-0.3, -0.25) is 19.2 Å². The number of aliphatic carboxylic acids is 1. The topological polar surface area (TPSA) is 287 Å². The third-order valence-electron chi connectivity index (χ3n) is 15.3. The molecule has 0 aliphatic carbocycles. The molecule has 0 radical (unpaired) electrons. The van der Waals surface area contributed by atoms with E-state index in [9.17, 15) is 54.0 Å². The number of ether oxygens (including phenoxy) is 7. The molecule has 2 saturated heterocycles. The first-order chi connectivity index (χ1) is 37.9. The summed E-state index contributed by atoms with van der Waals surface area (Å²) in [6.45, 7) is 12.6. The lowest BCUT2D eigenvalue weighted by atomic mass is 9.83. The molecule has 2 heterocycles. The first-order valence-electron chi connectivity index (χ1n) is 27.1. The van der Waals surface area contributed by atoms with Crippen LogP contribution in [-0.4, -0.2) is 192 Å². The van der Waals surface area contributed by atoms with Crippen molar-refractivity contribution in [3.8, 4) is 23.8 Å². The SMILES string of the molecule is C#CCOc1cc(O[C@@H]2O[C@H](C(=O)O)[C@@H](O)[C@H](O)[C@H]2O)ccc1COC(=O)N(C)[C@H](C(=O)C[C@H](C(=O)N(C)[C@@H](C(C)CC)[C@@H](CC(=O)N1CCC[C@H]1[C@H](OC)[C@@H](C)C(=O)NC(Cc1ccccc1)C(=O)OC)OC)C(C)C)C(C)C. The average molecular weight is 1130 g/mol. The monoisotopic (exact) mass is 1120 g/mol. The minimum atomic E-state index is -1.93. The van der Waals surface area contributed by atoms with Crippen molar-refractivity contribution >= 4 is 41.5 Å². The normalized spacial score (nSPS) is 22.1. The smallest absolute Gasteiger partial charge is 0.410 e. The number of benzene rings is 2. The van der Waals surface area contributed by atoms with Gasteiger partial charge in [0.15, 0.2) is 11.9 Å². The highest BCUT2D eigenvalue weighted by Crippen LogP contribution is 2.33. The quantitative estimate of drug-likeness (QED) is 0.0574. The summed E-state index contributed by atoms with van der Waals surface area (Å²) in [4.78, 5) is 100. The summed E-state index contributed by atoms with van der Waals surface area (Å²) in [5, 5.41) is 43.1. The van der Waals surface area contributed by atoms with Gasteiger partial charge in [-0.15, -0.1) is 6.42 Å². The Morgan fingerprint density at radius 1 is 0.875 bits per heavy atom. The van der Waals surface area contributed by atoms with Gasteiger partial charge in [-0.2, -0.15) is 0 Å². The second-order valence-electron chi connectivity index (χ2n) is 21.4. The standard InChI is InChI=1S/C58H84N4O18/c1-14-26-77-43-28-38(79-57-50(67)48(65)49(66)52(80-57)55(70)71)24-23-37(43)31-78-58(73)61(10)46(33(5)6)42(63)29-39(32(3)4)54(69)60(9)47(34(7)15-2)44(74-11)30-45(64)62-25-19-22-41(62)51(75-12)35(8)53(68)59-40(56(72)76-13)27-36-20-17-16-18-21-36/h1,16-18,20-21,23-24,28,32-35,39-41,44,46-52,57,65-67H,15,19,22,25-27,29-31H2,2-13H3,(H,59,68)(H,70,71)/t34?,35-,39+,40?,41+,44-,46+,47+,48+,49+,50-,51-,52+,57-/m1/s1. The number of carboxylic acids is 1. The summed E-state index contributed by atoms with van der Waals surface area (Å²) in [5.41, 5.74) is 1.13. The van der Waals surface area contributed by atoms with E-state index in [0.717, 1.165) is 5.56 Å². The van der Waals surface area contributed by atoms with Gasteiger partial charge in [-0.1, -0.05) is 91.1 Å². The van der Waals surface area contributed by atoms with Crippen LogP contribution in [0.4, 0.5) is 4.79 Å². The van der Waals surface area contributed by atoms with Crippen LogP contribution in [0.5, 0.6) is 11.5 Å². The maximum atomic E-state index is 14.8. The highest BCUT2D eigenvalue weighted by atomic mass is 16.7. The third kappa shape index (κ3) is 16.9. The first kappa shape index (κ1) is 66.2. The number of carbonyl (C=O) groups excluding carboxylic acids is 6. The van der Waals surface area contributed by atoms with Crippen molar-refractivity contribution in [3.63, 3.8) is 0 Å². The number of rotatable bonds is 29. The summed E-state index contributed by atoms with van der Waals surface area (Å²) in [7, 11) is 7.31. The number of hydrogen-bond donors (Lipinski definition) is 5. The number of hydrogen-bond acceptors (Lipinski definition) is 17. The molecule has 0 bridgehead atoms. The Morgan fingerprint density at radius 2 is 1.55 bits per heavy atom. The Hall–Kier alpha value is -6.35. The predicted octanol–water partition coefficient (Wildman–Crippen LogP) is 3.61. The molecule has 22 nitrogen and oxygen atoms in total. The van der Waals surface area contributed by atoms with Gasteiger partial charge in [-0.25, -0.2) is 14.4 Å². The van der Waals surface area contributed by atoms with Crippen LogP contribution in [0.3, 0.4) is 0 Å². The summed E-state index contributed by atoms with van der Waals surface area (Å²) >= 11 is 0. The third-order valence-corrected chi connectivity index (χ3v) is 15.3. The number of ketones is 1. The molecule has 444 valence electrons. The molecule has 80 heavy (non-hydrogen) atoms. The molecule has 0 aromatic heterocycles. The van der Waals surface area contributed by atoms with E-state index < -0.39 is 109 Å². The molecule has 4 rings (SSSR count). The van der Waals surface area contributed by atoms with Crippen LogP contribution in [0.1, 0.15) is 91.7 Å². The maximum absolute atomic E-state index is 14.8. The van der Waals surface area contributed by atoms with Crippen LogP contribution in [-0.2, 0) is 65.5 Å². The molecule has 14 atom stereocenters. The van der Waals surface area contributed by atoms with Gasteiger partial charge >= 0.3 is 18.0 Å². The van der Waals surface area contributed by atoms with E-state index in [4.69, 9.17) is 39.6 Å². The zero-order valence-corrected chi connectivity index (χ0v) is 48.1. The van der Waals surface area contributed by atoms with Crippen molar-refractivity contribution < 1.29 is 87.1 Å². The number of nitrogens with zero attached hydrogens (tertiary/aromatic N) is 3. The zero-order chi connectivity index (χ0) is 59.7. The van der Waals surface area contributed by atoms with Gasteiger partial charge < -0.3 is 73.6 Å². The van der Waals surface area contributed by atoms with Crippen LogP contribution in [0.2, 0.25) is 0 Å². The molecule has 2 fully saturated rings. The molecule has 2 aliphatic heterocycles. The Labute approximate surface area is 469 Å². The Kier molecular flexibility index (Phi) is 25.7. The number of carbonyl (C=O) groups is 7. The number of aliphatic hydroxyl groups is 3. The van der Waals surface area contributed by atoms with E-state index in [-0.39, 0.29) is 73.4 Å².